The van der Waals surface area contributed by atoms with E-state index in [4.69, 9.17) is 0 Å². The number of allylic oxidation sites excluding steroid dienone is 1. The van der Waals surface area contributed by atoms with Crippen LogP contribution in [0, 0.1) is 10.1 Å². The molecule has 1 aliphatic heterocycles. The minimum Gasteiger partial charge on any atom is -0.310 e. The van der Waals surface area contributed by atoms with Crippen molar-refractivity contribution in [1.82, 2.24) is 10.6 Å². The molecule has 1 aromatic rings. The molecule has 0 amide bonds. The monoisotopic (exact) mass is 354 g/mol. The van der Waals surface area contributed by atoms with Gasteiger partial charge in [-0.3, -0.25) is 10.1 Å². The molecular weight excluding hydrogens is 332 g/mol. The van der Waals surface area contributed by atoms with Crippen molar-refractivity contribution >= 4 is 29.3 Å². The molecule has 0 bridgehead atoms. The van der Waals surface area contributed by atoms with Gasteiger partial charge in [-0.25, -0.2) is 5.32 Å². The molecule has 0 aromatic carbocycles. The van der Waals surface area contributed by atoms with Crippen LogP contribution in [0.2, 0.25) is 0 Å². The Morgan fingerprint density at radius 1 is 1.52 bits per heavy atom. The summed E-state index contributed by atoms with van der Waals surface area (Å²) in [6.07, 6.45) is 4.54. The third-order valence-electron chi connectivity index (χ3n) is 3.46. The van der Waals surface area contributed by atoms with E-state index < -0.39 is 10.7 Å². The summed E-state index contributed by atoms with van der Waals surface area (Å²) in [6.45, 7) is 5.78. The van der Waals surface area contributed by atoms with Gasteiger partial charge in [0.25, 0.3) is 0 Å². The maximum atomic E-state index is 11.1. The SMILES string of the molecule is CCNC(C)c1ccc(CSCCNC2([N+](=O)[O-])C=CC=N2)s1. The predicted octanol–water partition coefficient (Wildman–Crippen LogP) is 2.81. The molecule has 0 aliphatic carbocycles. The molecule has 0 fully saturated rings. The minimum atomic E-state index is -1.46. The lowest BCUT2D eigenvalue weighted by atomic mass is 10.3. The summed E-state index contributed by atoms with van der Waals surface area (Å²) >= 11 is 3.59. The van der Waals surface area contributed by atoms with Gasteiger partial charge < -0.3 is 5.32 Å². The van der Waals surface area contributed by atoms with E-state index in [0.717, 1.165) is 18.1 Å². The summed E-state index contributed by atoms with van der Waals surface area (Å²) in [7, 11) is 0. The lowest BCUT2D eigenvalue weighted by molar-refractivity contribution is -0.559. The Hall–Kier alpha value is -1.22. The highest BCUT2D eigenvalue weighted by molar-refractivity contribution is 7.98. The Kier molecular flexibility index (Phi) is 6.76. The lowest BCUT2D eigenvalue weighted by Crippen LogP contribution is -2.48. The Labute approximate surface area is 144 Å². The Balaban J connectivity index is 1.71. The van der Waals surface area contributed by atoms with E-state index in [1.165, 1.54) is 22.0 Å². The van der Waals surface area contributed by atoms with Gasteiger partial charge in [0.2, 0.25) is 0 Å². The van der Waals surface area contributed by atoms with E-state index in [2.05, 4.69) is 41.6 Å². The molecule has 1 aliphatic rings. The van der Waals surface area contributed by atoms with Crippen LogP contribution in [0.5, 0.6) is 0 Å². The number of thioether (sulfide) groups is 1. The maximum Gasteiger partial charge on any atom is 0.392 e. The number of rotatable bonds is 10. The Morgan fingerprint density at radius 3 is 3.00 bits per heavy atom. The molecule has 23 heavy (non-hydrogen) atoms. The fourth-order valence-corrected chi connectivity index (χ4v) is 4.25. The molecule has 0 spiro atoms. The molecule has 126 valence electrons. The summed E-state index contributed by atoms with van der Waals surface area (Å²) < 4.78 is 0. The fraction of sp³-hybridized carbons (Fsp3) is 0.533. The summed E-state index contributed by atoms with van der Waals surface area (Å²) in [5, 5.41) is 17.4. The van der Waals surface area contributed by atoms with Gasteiger partial charge in [-0.05, 0) is 31.7 Å². The smallest absolute Gasteiger partial charge is 0.310 e. The molecule has 2 atom stereocenters. The maximum absolute atomic E-state index is 11.1. The summed E-state index contributed by atoms with van der Waals surface area (Å²) in [5.41, 5.74) is 0. The van der Waals surface area contributed by atoms with Gasteiger partial charge in [0.15, 0.2) is 0 Å². The van der Waals surface area contributed by atoms with Crippen LogP contribution in [0.25, 0.3) is 0 Å². The number of aliphatic imine (C=N–C) groups is 1. The van der Waals surface area contributed by atoms with Crippen LogP contribution >= 0.6 is 23.1 Å². The van der Waals surface area contributed by atoms with Crippen molar-refractivity contribution in [2.24, 2.45) is 4.99 Å². The van der Waals surface area contributed by atoms with E-state index in [1.54, 1.807) is 17.8 Å². The Morgan fingerprint density at radius 2 is 2.35 bits per heavy atom. The second-order valence-electron chi connectivity index (χ2n) is 5.18. The van der Waals surface area contributed by atoms with Crippen molar-refractivity contribution in [3.63, 3.8) is 0 Å². The number of nitro groups is 1. The summed E-state index contributed by atoms with van der Waals surface area (Å²) in [4.78, 5) is 17.3. The van der Waals surface area contributed by atoms with Gasteiger partial charge in [0.05, 0.1) is 4.92 Å². The third-order valence-corrected chi connectivity index (χ3v) is 5.92. The Bertz CT molecular complexity index is 574. The molecule has 8 heteroatoms. The van der Waals surface area contributed by atoms with Crippen LogP contribution in [-0.2, 0) is 5.75 Å². The lowest BCUT2D eigenvalue weighted by Gasteiger charge is -2.16. The zero-order valence-electron chi connectivity index (χ0n) is 13.3. The second-order valence-corrected chi connectivity index (χ2v) is 7.49. The number of thiophene rings is 1. The molecule has 1 aromatic heterocycles. The summed E-state index contributed by atoms with van der Waals surface area (Å²) in [5.74, 6) is 0.266. The molecule has 0 saturated heterocycles. The number of nitrogens with one attached hydrogen (secondary N) is 2. The molecular formula is C15H22N4O2S2. The highest BCUT2D eigenvalue weighted by atomic mass is 32.2. The molecule has 0 radical (unpaired) electrons. The van der Waals surface area contributed by atoms with Crippen molar-refractivity contribution in [1.29, 1.82) is 0 Å². The quantitative estimate of drug-likeness (QED) is 0.292. The molecule has 2 unspecified atom stereocenters. The van der Waals surface area contributed by atoms with Gasteiger partial charge in [-0.1, -0.05) is 6.92 Å². The van der Waals surface area contributed by atoms with Crippen molar-refractivity contribution in [2.75, 3.05) is 18.8 Å². The third kappa shape index (κ3) is 4.87. The van der Waals surface area contributed by atoms with Crippen LogP contribution < -0.4 is 10.6 Å². The van der Waals surface area contributed by atoms with E-state index in [1.807, 2.05) is 11.3 Å². The molecule has 2 rings (SSSR count). The molecule has 6 nitrogen and oxygen atoms in total. The van der Waals surface area contributed by atoms with Crippen molar-refractivity contribution in [3.05, 3.63) is 44.2 Å². The van der Waals surface area contributed by atoms with E-state index in [-0.39, 0.29) is 0 Å². The minimum absolute atomic E-state index is 0.386. The fourth-order valence-electron chi connectivity index (χ4n) is 2.25. The highest BCUT2D eigenvalue weighted by Gasteiger charge is 2.40. The van der Waals surface area contributed by atoms with Crippen LogP contribution in [0.4, 0.5) is 0 Å². The molecule has 2 heterocycles. The number of nitrogens with zero attached hydrogens (tertiary/aromatic N) is 2. The second kappa shape index (κ2) is 8.58. The van der Waals surface area contributed by atoms with Gasteiger partial charge in [-0.2, -0.15) is 16.8 Å². The number of hydrogen-bond acceptors (Lipinski definition) is 7. The van der Waals surface area contributed by atoms with E-state index in [0.29, 0.717) is 12.6 Å². The van der Waals surface area contributed by atoms with Gasteiger partial charge in [0, 0.05) is 46.1 Å². The number of hydrogen-bond donors (Lipinski definition) is 2. The largest absolute Gasteiger partial charge is 0.392 e. The average Bonchev–Trinajstić information content (AvgIpc) is 3.17. The van der Waals surface area contributed by atoms with Crippen molar-refractivity contribution < 1.29 is 4.92 Å². The van der Waals surface area contributed by atoms with Crippen LogP contribution in [0.1, 0.15) is 29.6 Å². The summed E-state index contributed by atoms with van der Waals surface area (Å²) in [6, 6.07) is 4.72. The first-order valence-corrected chi connectivity index (χ1v) is 9.57. The highest BCUT2D eigenvalue weighted by Crippen LogP contribution is 2.26. The van der Waals surface area contributed by atoms with Crippen molar-refractivity contribution in [2.45, 2.75) is 31.4 Å². The first-order valence-electron chi connectivity index (χ1n) is 7.59. The standard InChI is InChI=1S/C15H22N4O2S2/c1-3-16-12(2)14-6-5-13(23-14)11-22-10-9-18-15(19(20)21)7-4-8-17-15/h4-8,12,16,18H,3,9-11H2,1-2H3. The predicted molar refractivity (Wildman–Crippen MR) is 97.9 cm³/mol. The molecule has 0 saturated carbocycles. The topological polar surface area (TPSA) is 79.6 Å². The van der Waals surface area contributed by atoms with Gasteiger partial charge in [0.1, 0.15) is 0 Å². The zero-order chi connectivity index (χ0) is 16.7. The first-order chi connectivity index (χ1) is 11.1. The van der Waals surface area contributed by atoms with E-state index in [9.17, 15) is 10.1 Å². The first kappa shape index (κ1) is 18.1. The van der Waals surface area contributed by atoms with Crippen LogP contribution in [-0.4, -0.2) is 35.8 Å². The van der Waals surface area contributed by atoms with Crippen LogP contribution in [0.15, 0.2) is 29.3 Å². The van der Waals surface area contributed by atoms with Crippen LogP contribution in [0.3, 0.4) is 0 Å². The average molecular weight is 355 g/mol. The van der Waals surface area contributed by atoms with Gasteiger partial charge in [-0.15, -0.1) is 11.3 Å². The molecule has 2 N–H and O–H groups in total. The van der Waals surface area contributed by atoms with Crippen molar-refractivity contribution in [3.8, 4) is 0 Å². The normalized spacial score (nSPS) is 21.0. The van der Waals surface area contributed by atoms with E-state index >= 15 is 0 Å². The zero-order valence-corrected chi connectivity index (χ0v) is 15.0. The van der Waals surface area contributed by atoms with Gasteiger partial charge >= 0.3 is 5.79 Å².